The van der Waals surface area contributed by atoms with E-state index in [-0.39, 0.29) is 5.38 Å². The molecule has 1 rings (SSSR count). The maximum absolute atomic E-state index is 5.72. The first kappa shape index (κ1) is 9.87. The fourth-order valence-electron chi connectivity index (χ4n) is 0.742. The Balaban J connectivity index is 2.48. The van der Waals surface area contributed by atoms with Gasteiger partial charge >= 0.3 is 0 Å². The fraction of sp³-hybridized carbons (Fsp3) is 0.333. The number of hydrogen-bond donors (Lipinski definition) is 0. The molecule has 1 nitrogen and oxygen atoms in total. The molecule has 0 N–H and O–H groups in total. The standard InChI is InChI=1S/C9H10BrClO/c1-7(11)6-12-9-4-2-8(10)3-5-9/h2-5,7H,6H2,1H3. The van der Waals surface area contributed by atoms with E-state index in [2.05, 4.69) is 15.9 Å². The van der Waals surface area contributed by atoms with Crippen LogP contribution in [0.5, 0.6) is 5.75 Å². The van der Waals surface area contributed by atoms with Gasteiger partial charge in [0.1, 0.15) is 12.4 Å². The molecule has 0 aromatic heterocycles. The van der Waals surface area contributed by atoms with E-state index in [1.54, 1.807) is 0 Å². The molecule has 0 fully saturated rings. The van der Waals surface area contributed by atoms with Crippen LogP contribution >= 0.6 is 27.5 Å². The van der Waals surface area contributed by atoms with Crippen molar-refractivity contribution in [3.8, 4) is 5.75 Å². The summed E-state index contributed by atoms with van der Waals surface area (Å²) in [6.45, 7) is 2.45. The van der Waals surface area contributed by atoms with Gasteiger partial charge in [-0.1, -0.05) is 15.9 Å². The van der Waals surface area contributed by atoms with E-state index in [1.807, 2.05) is 31.2 Å². The van der Waals surface area contributed by atoms with E-state index in [4.69, 9.17) is 16.3 Å². The molecular formula is C9H10BrClO. The van der Waals surface area contributed by atoms with Gasteiger partial charge in [0.25, 0.3) is 0 Å². The van der Waals surface area contributed by atoms with Gasteiger partial charge in [-0.05, 0) is 31.2 Å². The fourth-order valence-corrected chi connectivity index (χ4v) is 1.07. The zero-order chi connectivity index (χ0) is 8.97. The van der Waals surface area contributed by atoms with Crippen LogP contribution < -0.4 is 4.74 Å². The first-order valence-electron chi connectivity index (χ1n) is 3.71. The smallest absolute Gasteiger partial charge is 0.119 e. The molecule has 0 saturated heterocycles. The van der Waals surface area contributed by atoms with Gasteiger partial charge in [-0.15, -0.1) is 11.6 Å². The van der Waals surface area contributed by atoms with E-state index in [0.29, 0.717) is 6.61 Å². The van der Waals surface area contributed by atoms with E-state index in [9.17, 15) is 0 Å². The van der Waals surface area contributed by atoms with Gasteiger partial charge in [0.05, 0.1) is 5.38 Å². The molecule has 0 aliphatic heterocycles. The Hall–Kier alpha value is -0.210. The molecule has 3 heteroatoms. The second-order valence-corrected chi connectivity index (χ2v) is 4.21. The average Bonchev–Trinajstić information content (AvgIpc) is 2.03. The summed E-state index contributed by atoms with van der Waals surface area (Å²) in [5.41, 5.74) is 0. The molecule has 0 bridgehead atoms. The number of alkyl halides is 1. The minimum Gasteiger partial charge on any atom is -0.492 e. The van der Waals surface area contributed by atoms with E-state index in [0.717, 1.165) is 10.2 Å². The minimum atomic E-state index is 0.0497. The summed E-state index contributed by atoms with van der Waals surface area (Å²) in [6.07, 6.45) is 0. The van der Waals surface area contributed by atoms with E-state index in [1.165, 1.54) is 0 Å². The highest BCUT2D eigenvalue weighted by atomic mass is 79.9. The molecule has 12 heavy (non-hydrogen) atoms. The molecular weight excluding hydrogens is 239 g/mol. The highest BCUT2D eigenvalue weighted by Gasteiger charge is 1.97. The van der Waals surface area contributed by atoms with Crippen LogP contribution in [-0.4, -0.2) is 12.0 Å². The Kier molecular flexibility index (Phi) is 3.89. The van der Waals surface area contributed by atoms with E-state index < -0.39 is 0 Å². The average molecular weight is 250 g/mol. The van der Waals surface area contributed by atoms with Gasteiger partial charge in [0, 0.05) is 4.47 Å². The molecule has 0 radical (unpaired) electrons. The Morgan fingerprint density at radius 1 is 1.42 bits per heavy atom. The minimum absolute atomic E-state index is 0.0497. The van der Waals surface area contributed by atoms with Crippen LogP contribution in [0, 0.1) is 0 Å². The van der Waals surface area contributed by atoms with Gasteiger partial charge in [0.2, 0.25) is 0 Å². The van der Waals surface area contributed by atoms with Crippen molar-refractivity contribution in [2.45, 2.75) is 12.3 Å². The highest BCUT2D eigenvalue weighted by molar-refractivity contribution is 9.10. The number of ether oxygens (including phenoxy) is 1. The lowest BCUT2D eigenvalue weighted by Gasteiger charge is -2.06. The molecule has 1 aromatic carbocycles. The quantitative estimate of drug-likeness (QED) is 0.746. The van der Waals surface area contributed by atoms with Crippen molar-refractivity contribution in [3.05, 3.63) is 28.7 Å². The van der Waals surface area contributed by atoms with Crippen molar-refractivity contribution in [1.82, 2.24) is 0 Å². The van der Waals surface area contributed by atoms with Crippen LogP contribution in [-0.2, 0) is 0 Å². The molecule has 0 spiro atoms. The SMILES string of the molecule is CC(Cl)COc1ccc(Br)cc1. The molecule has 0 amide bonds. The van der Waals surface area contributed by atoms with Crippen molar-refractivity contribution < 1.29 is 4.74 Å². The van der Waals surface area contributed by atoms with Crippen molar-refractivity contribution in [1.29, 1.82) is 0 Å². The van der Waals surface area contributed by atoms with Crippen LogP contribution in [0.15, 0.2) is 28.7 Å². The van der Waals surface area contributed by atoms with E-state index >= 15 is 0 Å². The Morgan fingerprint density at radius 3 is 2.50 bits per heavy atom. The number of rotatable bonds is 3. The maximum atomic E-state index is 5.72. The number of halogens is 2. The summed E-state index contributed by atoms with van der Waals surface area (Å²) in [5, 5.41) is 0.0497. The lowest BCUT2D eigenvalue weighted by atomic mass is 10.3. The van der Waals surface area contributed by atoms with Crippen molar-refractivity contribution in [2.24, 2.45) is 0 Å². The predicted molar refractivity (Wildman–Crippen MR) is 55.0 cm³/mol. The zero-order valence-corrected chi connectivity index (χ0v) is 9.10. The van der Waals surface area contributed by atoms with Crippen LogP contribution in [0.4, 0.5) is 0 Å². The van der Waals surface area contributed by atoms with Crippen LogP contribution in [0.1, 0.15) is 6.92 Å². The van der Waals surface area contributed by atoms with Gasteiger partial charge in [-0.3, -0.25) is 0 Å². The second kappa shape index (κ2) is 4.73. The molecule has 0 aliphatic carbocycles. The van der Waals surface area contributed by atoms with Crippen molar-refractivity contribution in [3.63, 3.8) is 0 Å². The molecule has 0 aliphatic rings. The van der Waals surface area contributed by atoms with Crippen molar-refractivity contribution in [2.75, 3.05) is 6.61 Å². The normalized spacial score (nSPS) is 12.6. The summed E-state index contributed by atoms with van der Waals surface area (Å²) in [4.78, 5) is 0. The molecule has 1 aromatic rings. The van der Waals surface area contributed by atoms with Gasteiger partial charge in [-0.25, -0.2) is 0 Å². The molecule has 0 saturated carbocycles. The van der Waals surface area contributed by atoms with Crippen LogP contribution in [0.3, 0.4) is 0 Å². The summed E-state index contributed by atoms with van der Waals surface area (Å²) in [5.74, 6) is 0.853. The first-order valence-corrected chi connectivity index (χ1v) is 4.94. The maximum Gasteiger partial charge on any atom is 0.119 e. The summed E-state index contributed by atoms with van der Waals surface area (Å²) < 4.78 is 6.42. The van der Waals surface area contributed by atoms with Crippen LogP contribution in [0.25, 0.3) is 0 Å². The zero-order valence-electron chi connectivity index (χ0n) is 6.76. The predicted octanol–water partition coefficient (Wildman–Crippen LogP) is 3.46. The largest absolute Gasteiger partial charge is 0.492 e. The molecule has 1 atom stereocenters. The summed E-state index contributed by atoms with van der Waals surface area (Å²) >= 11 is 9.07. The van der Waals surface area contributed by atoms with Crippen molar-refractivity contribution >= 4 is 27.5 Å². The number of benzene rings is 1. The topological polar surface area (TPSA) is 9.23 Å². The highest BCUT2D eigenvalue weighted by Crippen LogP contribution is 2.16. The van der Waals surface area contributed by atoms with Gasteiger partial charge < -0.3 is 4.74 Å². The molecule has 66 valence electrons. The third-order valence-corrected chi connectivity index (χ3v) is 1.95. The molecule has 1 unspecified atom stereocenters. The van der Waals surface area contributed by atoms with Gasteiger partial charge in [0.15, 0.2) is 0 Å². The number of hydrogen-bond acceptors (Lipinski definition) is 1. The lowest BCUT2D eigenvalue weighted by Crippen LogP contribution is -2.06. The first-order chi connectivity index (χ1) is 5.68. The Bertz CT molecular complexity index is 233. The molecule has 0 heterocycles. The Labute approximate surface area is 85.8 Å². The van der Waals surface area contributed by atoms with Crippen LogP contribution in [0.2, 0.25) is 0 Å². The second-order valence-electron chi connectivity index (χ2n) is 2.55. The Morgan fingerprint density at radius 2 is 2.00 bits per heavy atom. The summed E-state index contributed by atoms with van der Waals surface area (Å²) in [7, 11) is 0. The lowest BCUT2D eigenvalue weighted by molar-refractivity contribution is 0.320. The third-order valence-electron chi connectivity index (χ3n) is 1.29. The van der Waals surface area contributed by atoms with Gasteiger partial charge in [-0.2, -0.15) is 0 Å². The summed E-state index contributed by atoms with van der Waals surface area (Å²) in [6, 6.07) is 7.69. The third kappa shape index (κ3) is 3.46. The monoisotopic (exact) mass is 248 g/mol.